The first kappa shape index (κ1) is 16.2. The molecule has 2 heterocycles. The van der Waals surface area contributed by atoms with Crippen molar-refractivity contribution in [2.45, 2.75) is 37.0 Å². The summed E-state index contributed by atoms with van der Waals surface area (Å²) in [5.74, 6) is 1.61. The number of ether oxygens (including phenoxy) is 2. The number of methoxy groups -OCH3 is 1. The zero-order valence-electron chi connectivity index (χ0n) is 13.8. The highest BCUT2D eigenvalue weighted by Crippen LogP contribution is 2.57. The van der Waals surface area contributed by atoms with Gasteiger partial charge in [0.05, 0.1) is 18.6 Å². The topological polar surface area (TPSA) is 41.9 Å². The minimum absolute atomic E-state index is 0.0434. The van der Waals surface area contributed by atoms with Crippen molar-refractivity contribution in [2.24, 2.45) is 0 Å². The van der Waals surface area contributed by atoms with Crippen LogP contribution in [0.25, 0.3) is 0 Å². The number of nitrogens with zero attached hydrogens (tertiary/aromatic N) is 1. The molecule has 2 unspecified atom stereocenters. The Morgan fingerprint density at radius 1 is 1.58 bits per heavy atom. The van der Waals surface area contributed by atoms with E-state index in [1.165, 1.54) is 11.1 Å². The van der Waals surface area contributed by atoms with Crippen molar-refractivity contribution >= 4 is 15.9 Å². The molecule has 1 N–H and O–H groups in total. The lowest BCUT2D eigenvalue weighted by Gasteiger charge is -2.35. The Labute approximate surface area is 150 Å². The third-order valence-corrected chi connectivity index (χ3v) is 6.21. The van der Waals surface area contributed by atoms with Crippen LogP contribution in [-0.2, 0) is 12.0 Å². The van der Waals surface area contributed by atoms with E-state index in [2.05, 4.69) is 33.5 Å². The van der Waals surface area contributed by atoms with Gasteiger partial charge in [-0.05, 0) is 18.1 Å². The molecule has 4 rings (SSSR count). The number of halogens is 1. The van der Waals surface area contributed by atoms with Crippen LogP contribution in [0, 0.1) is 0 Å². The number of hydrogen-bond donors (Lipinski definition) is 1. The van der Waals surface area contributed by atoms with Crippen molar-refractivity contribution in [3.05, 3.63) is 46.5 Å². The molecular formula is C19H22BrNO3. The van der Waals surface area contributed by atoms with Crippen LogP contribution in [0.1, 0.15) is 24.0 Å². The lowest BCUT2D eigenvalue weighted by atomic mass is 9.69. The Hall–Kier alpha value is -1.30. The number of hydrogen-bond acceptors (Lipinski definition) is 4. The van der Waals surface area contributed by atoms with Crippen LogP contribution in [0.4, 0.5) is 0 Å². The summed E-state index contributed by atoms with van der Waals surface area (Å²) in [6, 6.07) is 2.00. The molecule has 24 heavy (non-hydrogen) atoms. The van der Waals surface area contributed by atoms with Crippen LogP contribution in [0.3, 0.4) is 0 Å². The lowest BCUT2D eigenvalue weighted by Crippen LogP contribution is -2.43. The zero-order valence-corrected chi connectivity index (χ0v) is 15.4. The Kier molecular flexibility index (Phi) is 3.98. The van der Waals surface area contributed by atoms with E-state index in [1.807, 2.05) is 18.2 Å². The summed E-state index contributed by atoms with van der Waals surface area (Å²) in [6.45, 7) is 6.57. The predicted octanol–water partition coefficient (Wildman–Crippen LogP) is 3.17. The fraction of sp³-hybridized carbons (Fsp3) is 0.474. The van der Waals surface area contributed by atoms with Crippen molar-refractivity contribution < 1.29 is 14.6 Å². The molecule has 0 saturated carbocycles. The number of aliphatic hydroxyl groups excluding tert-OH is 1. The Morgan fingerprint density at radius 3 is 3.17 bits per heavy atom. The summed E-state index contributed by atoms with van der Waals surface area (Å²) in [5.41, 5.74) is 2.30. The van der Waals surface area contributed by atoms with Gasteiger partial charge in [-0.1, -0.05) is 34.2 Å². The quantitative estimate of drug-likeness (QED) is 0.803. The monoisotopic (exact) mass is 391 g/mol. The SMILES string of the molecule is C=CCN1CCC23C=CC(O)C[C@H]2Oc2c(OC)cc(Br)c(c23)C1. The molecule has 0 bridgehead atoms. The molecule has 0 amide bonds. The summed E-state index contributed by atoms with van der Waals surface area (Å²) in [6.07, 6.45) is 7.15. The number of aliphatic hydroxyl groups is 1. The Bertz CT molecular complexity index is 717. The van der Waals surface area contributed by atoms with E-state index < -0.39 is 6.10 Å². The van der Waals surface area contributed by atoms with Crippen molar-refractivity contribution in [1.29, 1.82) is 0 Å². The standard InChI is InChI=1S/C19H22BrNO3/c1-3-7-21-8-6-19-5-4-12(22)9-16(19)24-18-15(23-2)10-14(20)13(11-21)17(18)19/h3-5,10,12,16,22H,1,6-9,11H2,2H3/t12?,16-,19?/m1/s1. The third-order valence-electron chi connectivity index (χ3n) is 5.50. The predicted molar refractivity (Wildman–Crippen MR) is 96.6 cm³/mol. The van der Waals surface area contributed by atoms with Gasteiger partial charge in [0.15, 0.2) is 11.5 Å². The van der Waals surface area contributed by atoms with Gasteiger partial charge in [0.25, 0.3) is 0 Å². The smallest absolute Gasteiger partial charge is 0.166 e. The molecule has 4 nitrogen and oxygen atoms in total. The van der Waals surface area contributed by atoms with Gasteiger partial charge in [-0.2, -0.15) is 0 Å². The molecule has 0 saturated heterocycles. The van der Waals surface area contributed by atoms with Gasteiger partial charge >= 0.3 is 0 Å². The number of benzene rings is 1. The van der Waals surface area contributed by atoms with E-state index in [0.29, 0.717) is 6.42 Å². The van der Waals surface area contributed by atoms with Crippen molar-refractivity contribution in [3.8, 4) is 11.5 Å². The highest BCUT2D eigenvalue weighted by atomic mass is 79.9. The molecule has 2 aliphatic heterocycles. The molecule has 1 aliphatic carbocycles. The fourth-order valence-electron chi connectivity index (χ4n) is 4.35. The lowest BCUT2D eigenvalue weighted by molar-refractivity contribution is 0.0816. The van der Waals surface area contributed by atoms with Crippen molar-refractivity contribution in [2.75, 3.05) is 20.2 Å². The highest BCUT2D eigenvalue weighted by Gasteiger charge is 2.53. The minimum Gasteiger partial charge on any atom is -0.493 e. The van der Waals surface area contributed by atoms with E-state index in [0.717, 1.165) is 42.0 Å². The van der Waals surface area contributed by atoms with Crippen LogP contribution in [0.15, 0.2) is 35.3 Å². The van der Waals surface area contributed by atoms with Crippen LogP contribution >= 0.6 is 15.9 Å². The maximum Gasteiger partial charge on any atom is 0.166 e. The summed E-state index contributed by atoms with van der Waals surface area (Å²) in [5, 5.41) is 10.1. The molecule has 3 atom stereocenters. The van der Waals surface area contributed by atoms with E-state index in [-0.39, 0.29) is 11.5 Å². The molecular weight excluding hydrogens is 370 g/mol. The maximum absolute atomic E-state index is 10.1. The summed E-state index contributed by atoms with van der Waals surface area (Å²) < 4.78 is 13.0. The molecule has 0 aromatic heterocycles. The molecule has 0 radical (unpaired) electrons. The molecule has 0 fully saturated rings. The van der Waals surface area contributed by atoms with E-state index in [4.69, 9.17) is 9.47 Å². The van der Waals surface area contributed by atoms with Gasteiger partial charge in [-0.15, -0.1) is 6.58 Å². The first-order chi connectivity index (χ1) is 11.6. The first-order valence-electron chi connectivity index (χ1n) is 8.36. The summed E-state index contributed by atoms with van der Waals surface area (Å²) >= 11 is 3.74. The van der Waals surface area contributed by atoms with E-state index in [9.17, 15) is 5.11 Å². The van der Waals surface area contributed by atoms with Gasteiger partial charge in [0, 0.05) is 36.1 Å². The fourth-order valence-corrected chi connectivity index (χ4v) is 4.89. The molecule has 128 valence electrons. The largest absolute Gasteiger partial charge is 0.493 e. The van der Waals surface area contributed by atoms with E-state index >= 15 is 0 Å². The second-order valence-electron chi connectivity index (χ2n) is 6.83. The maximum atomic E-state index is 10.1. The zero-order chi connectivity index (χ0) is 16.9. The van der Waals surface area contributed by atoms with Crippen molar-refractivity contribution in [3.63, 3.8) is 0 Å². The normalized spacial score (nSPS) is 31.0. The third kappa shape index (κ3) is 2.25. The van der Waals surface area contributed by atoms with Gasteiger partial charge in [0.1, 0.15) is 6.10 Å². The minimum atomic E-state index is -0.444. The second-order valence-corrected chi connectivity index (χ2v) is 7.68. The van der Waals surface area contributed by atoms with Gasteiger partial charge in [0.2, 0.25) is 0 Å². The van der Waals surface area contributed by atoms with Crippen molar-refractivity contribution in [1.82, 2.24) is 4.90 Å². The van der Waals surface area contributed by atoms with Gasteiger partial charge < -0.3 is 14.6 Å². The molecule has 1 aromatic carbocycles. The van der Waals surface area contributed by atoms with Crippen LogP contribution < -0.4 is 9.47 Å². The molecule has 1 aromatic rings. The van der Waals surface area contributed by atoms with Gasteiger partial charge in [-0.3, -0.25) is 4.90 Å². The average molecular weight is 392 g/mol. The van der Waals surface area contributed by atoms with Gasteiger partial charge in [-0.25, -0.2) is 0 Å². The first-order valence-corrected chi connectivity index (χ1v) is 9.15. The summed E-state index contributed by atoms with van der Waals surface area (Å²) in [7, 11) is 1.67. The van der Waals surface area contributed by atoms with Crippen LogP contribution in [0.5, 0.6) is 11.5 Å². The number of rotatable bonds is 3. The average Bonchev–Trinajstić information content (AvgIpc) is 2.79. The van der Waals surface area contributed by atoms with Crippen LogP contribution in [-0.4, -0.2) is 42.4 Å². The summed E-state index contributed by atoms with van der Waals surface area (Å²) in [4.78, 5) is 2.41. The molecule has 3 aliphatic rings. The Balaban J connectivity index is 1.93. The van der Waals surface area contributed by atoms with E-state index in [1.54, 1.807) is 7.11 Å². The molecule has 1 spiro atoms. The highest BCUT2D eigenvalue weighted by molar-refractivity contribution is 9.10. The van der Waals surface area contributed by atoms with Crippen LogP contribution in [0.2, 0.25) is 0 Å². The molecule has 5 heteroatoms. The second kappa shape index (κ2) is 5.90. The Morgan fingerprint density at radius 2 is 2.42 bits per heavy atom.